The number of halogens is 1. The van der Waals surface area contributed by atoms with E-state index >= 15 is 0 Å². The van der Waals surface area contributed by atoms with Crippen LogP contribution in [-0.2, 0) is 11.2 Å². The zero-order chi connectivity index (χ0) is 22.5. The Balaban J connectivity index is 1.64. The smallest absolute Gasteiger partial charge is 0.229 e. The zero-order valence-electron chi connectivity index (χ0n) is 17.7. The first-order chi connectivity index (χ1) is 15.5. The summed E-state index contributed by atoms with van der Waals surface area (Å²) in [6.45, 7) is 2.08. The minimum absolute atomic E-state index is 0.120. The van der Waals surface area contributed by atoms with E-state index < -0.39 is 11.8 Å². The van der Waals surface area contributed by atoms with Gasteiger partial charge in [-0.25, -0.2) is 9.37 Å². The van der Waals surface area contributed by atoms with E-state index in [4.69, 9.17) is 16.5 Å². The van der Waals surface area contributed by atoms with E-state index in [1.165, 1.54) is 12.1 Å². The molecular weight excluding hydrogens is 407 g/mol. The molecule has 1 aliphatic heterocycles. The van der Waals surface area contributed by atoms with Gasteiger partial charge in [-0.2, -0.15) is 0 Å². The fourth-order valence-electron chi connectivity index (χ4n) is 4.07. The molecule has 1 aliphatic rings. The van der Waals surface area contributed by atoms with E-state index in [1.54, 1.807) is 24.5 Å². The summed E-state index contributed by atoms with van der Waals surface area (Å²) in [7, 11) is 0. The highest BCUT2D eigenvalue weighted by atomic mass is 19.1. The second-order valence-corrected chi connectivity index (χ2v) is 8.03. The average Bonchev–Trinajstić information content (AvgIpc) is 3.22. The molecule has 3 heterocycles. The molecule has 1 aromatic carbocycles. The third-order valence-corrected chi connectivity index (χ3v) is 5.67. The van der Waals surface area contributed by atoms with Gasteiger partial charge in [0.2, 0.25) is 5.91 Å². The molecule has 166 valence electrons. The van der Waals surface area contributed by atoms with Gasteiger partial charge in [-0.3, -0.25) is 9.78 Å². The number of hydrogen-bond donors (Lipinski definition) is 3. The lowest BCUT2D eigenvalue weighted by Crippen LogP contribution is -2.28. The molecule has 2 atom stereocenters. The van der Waals surface area contributed by atoms with Crippen LogP contribution in [0.4, 0.5) is 16.0 Å². The lowest BCUT2D eigenvalue weighted by atomic mass is 9.92. The summed E-state index contributed by atoms with van der Waals surface area (Å²) in [6.07, 6.45) is 4.80. The summed E-state index contributed by atoms with van der Waals surface area (Å²) in [5.74, 6) is -0.0675. The van der Waals surface area contributed by atoms with Crippen LogP contribution in [0.5, 0.6) is 0 Å². The zero-order valence-corrected chi connectivity index (χ0v) is 17.7. The molecule has 1 amide bonds. The maximum Gasteiger partial charge on any atom is 0.229 e. The van der Waals surface area contributed by atoms with Crippen LogP contribution in [0.15, 0.2) is 60.9 Å². The average molecular weight is 435 g/mol. The Hall–Kier alpha value is -3.52. The van der Waals surface area contributed by atoms with Gasteiger partial charge in [-0.05, 0) is 48.2 Å². The second-order valence-electron chi connectivity index (χ2n) is 8.03. The normalized spacial score (nSPS) is 16.7. The summed E-state index contributed by atoms with van der Waals surface area (Å²) in [6, 6.07) is 14.0. The largest absolute Gasteiger partial charge is 0.369 e. The van der Waals surface area contributed by atoms with Gasteiger partial charge in [0.25, 0.3) is 0 Å². The molecule has 8 heteroatoms. The molecular formula is C24H27FN6O. The maximum absolute atomic E-state index is 13.5. The number of amides is 1. The molecule has 1 fully saturated rings. The number of nitrogens with two attached hydrogens (primary N) is 2. The van der Waals surface area contributed by atoms with Gasteiger partial charge < -0.3 is 21.7 Å². The third-order valence-electron chi connectivity index (χ3n) is 5.67. The molecule has 1 saturated heterocycles. The number of hydrogen-bond acceptors (Lipinski definition) is 6. The topological polar surface area (TPSA) is 110 Å². The number of nitrogens with one attached hydrogen (secondary N) is 1. The lowest BCUT2D eigenvalue weighted by molar-refractivity contribution is -0.118. The molecule has 0 bridgehead atoms. The Morgan fingerprint density at radius 1 is 1.25 bits per heavy atom. The van der Waals surface area contributed by atoms with Gasteiger partial charge in [-0.1, -0.05) is 24.3 Å². The van der Waals surface area contributed by atoms with Crippen molar-refractivity contribution in [3.8, 4) is 0 Å². The molecule has 0 radical (unpaired) electrons. The fourth-order valence-corrected chi connectivity index (χ4v) is 4.07. The Morgan fingerprint density at radius 2 is 2.12 bits per heavy atom. The molecule has 4 rings (SSSR count). The predicted octanol–water partition coefficient (Wildman–Crippen LogP) is 2.42. The Morgan fingerprint density at radius 3 is 2.81 bits per heavy atom. The molecule has 2 aromatic heterocycles. The standard InChI is InChI=1S/C24H27FN6O/c25-18-5-1-3-16(13-18)8-11-29-24-20(22(23(27)32)17-4-2-10-28-14-17)6-7-21(30-24)31-12-9-19(26)15-31/h1-7,10,13-14,19,22H,8-9,11-12,15,26H2,(H2,27,32)(H,29,30). The van der Waals surface area contributed by atoms with Crippen molar-refractivity contribution in [3.05, 3.63) is 83.4 Å². The van der Waals surface area contributed by atoms with Crippen molar-refractivity contribution in [2.24, 2.45) is 11.5 Å². The molecule has 0 saturated carbocycles. The van der Waals surface area contributed by atoms with Gasteiger partial charge >= 0.3 is 0 Å². The highest BCUT2D eigenvalue weighted by molar-refractivity contribution is 5.87. The molecule has 7 nitrogen and oxygen atoms in total. The summed E-state index contributed by atoms with van der Waals surface area (Å²) in [5.41, 5.74) is 14.1. The molecule has 5 N–H and O–H groups in total. The minimum Gasteiger partial charge on any atom is -0.369 e. The van der Waals surface area contributed by atoms with E-state index in [1.807, 2.05) is 24.3 Å². The molecule has 2 unspecified atom stereocenters. The van der Waals surface area contributed by atoms with Crippen LogP contribution in [0.2, 0.25) is 0 Å². The number of benzene rings is 1. The molecule has 3 aromatic rings. The monoisotopic (exact) mass is 434 g/mol. The first-order valence-corrected chi connectivity index (χ1v) is 10.7. The lowest BCUT2D eigenvalue weighted by Gasteiger charge is -2.22. The fraction of sp³-hybridized carbons (Fsp3) is 0.292. The molecule has 32 heavy (non-hydrogen) atoms. The van der Waals surface area contributed by atoms with Crippen LogP contribution in [0.1, 0.15) is 29.0 Å². The van der Waals surface area contributed by atoms with Crippen LogP contribution < -0.4 is 21.7 Å². The van der Waals surface area contributed by atoms with Gasteiger partial charge in [-0.15, -0.1) is 0 Å². The number of aromatic nitrogens is 2. The van der Waals surface area contributed by atoms with E-state index in [0.29, 0.717) is 29.9 Å². The quantitative estimate of drug-likeness (QED) is 0.502. The van der Waals surface area contributed by atoms with E-state index in [2.05, 4.69) is 15.2 Å². The number of carbonyl (C=O) groups is 1. The first-order valence-electron chi connectivity index (χ1n) is 10.7. The van der Waals surface area contributed by atoms with E-state index in [-0.39, 0.29) is 11.9 Å². The Labute approximate surface area is 186 Å². The molecule has 0 spiro atoms. The molecule has 0 aliphatic carbocycles. The Bertz CT molecular complexity index is 1080. The summed E-state index contributed by atoms with van der Waals surface area (Å²) >= 11 is 0. The summed E-state index contributed by atoms with van der Waals surface area (Å²) in [5, 5.41) is 3.34. The van der Waals surface area contributed by atoms with Crippen molar-refractivity contribution < 1.29 is 9.18 Å². The highest BCUT2D eigenvalue weighted by Crippen LogP contribution is 2.31. The van der Waals surface area contributed by atoms with E-state index in [0.717, 1.165) is 30.9 Å². The number of anilines is 2. The maximum atomic E-state index is 13.5. The number of carbonyl (C=O) groups excluding carboxylic acids is 1. The number of primary amides is 1. The van der Waals surface area contributed by atoms with Crippen molar-refractivity contribution in [2.75, 3.05) is 29.9 Å². The third kappa shape index (κ3) is 5.03. The summed E-state index contributed by atoms with van der Waals surface area (Å²) < 4.78 is 13.5. The first kappa shape index (κ1) is 21.7. The predicted molar refractivity (Wildman–Crippen MR) is 123 cm³/mol. The van der Waals surface area contributed by atoms with Crippen LogP contribution in [0.3, 0.4) is 0 Å². The van der Waals surface area contributed by atoms with Crippen molar-refractivity contribution >= 4 is 17.5 Å². The van der Waals surface area contributed by atoms with Crippen molar-refractivity contribution in [1.82, 2.24) is 9.97 Å². The van der Waals surface area contributed by atoms with E-state index in [9.17, 15) is 9.18 Å². The highest BCUT2D eigenvalue weighted by Gasteiger charge is 2.26. The Kier molecular flexibility index (Phi) is 6.61. The van der Waals surface area contributed by atoms with Crippen molar-refractivity contribution in [3.63, 3.8) is 0 Å². The number of nitrogens with zero attached hydrogens (tertiary/aromatic N) is 3. The van der Waals surface area contributed by atoms with Crippen molar-refractivity contribution in [2.45, 2.75) is 24.8 Å². The van der Waals surface area contributed by atoms with Crippen LogP contribution in [0.25, 0.3) is 0 Å². The van der Waals surface area contributed by atoms with Gasteiger partial charge in [0, 0.05) is 43.6 Å². The van der Waals surface area contributed by atoms with Gasteiger partial charge in [0.05, 0.1) is 5.92 Å². The second kappa shape index (κ2) is 9.74. The number of pyridine rings is 2. The minimum atomic E-state index is -0.692. The van der Waals surface area contributed by atoms with Crippen LogP contribution in [-0.4, -0.2) is 41.6 Å². The van der Waals surface area contributed by atoms with Gasteiger partial charge in [0.15, 0.2) is 0 Å². The van der Waals surface area contributed by atoms with Gasteiger partial charge in [0.1, 0.15) is 17.5 Å². The summed E-state index contributed by atoms with van der Waals surface area (Å²) in [4.78, 5) is 23.5. The van der Waals surface area contributed by atoms with Crippen LogP contribution in [0, 0.1) is 5.82 Å². The van der Waals surface area contributed by atoms with Crippen molar-refractivity contribution in [1.29, 1.82) is 0 Å². The number of rotatable bonds is 8. The SMILES string of the molecule is NC(=O)C(c1cccnc1)c1ccc(N2CCC(N)C2)nc1NCCc1cccc(F)c1. The van der Waals surface area contributed by atoms with Crippen LogP contribution >= 0.6 is 0 Å².